The minimum absolute atomic E-state index is 0.0613. The van der Waals surface area contributed by atoms with Crippen LogP contribution in [0.1, 0.15) is 45.4 Å². The molecular formula is C12H19F3O5S. The normalized spacial score (nSPS) is 18.7. The van der Waals surface area contributed by atoms with E-state index in [1.54, 1.807) is 0 Å². The first kappa shape index (κ1) is 18.2. The molecule has 21 heavy (non-hydrogen) atoms. The Morgan fingerprint density at radius 2 is 1.86 bits per heavy atom. The van der Waals surface area contributed by atoms with Gasteiger partial charge in [-0.3, -0.25) is 0 Å². The molecule has 0 heterocycles. The van der Waals surface area contributed by atoms with Crippen molar-refractivity contribution in [2.45, 2.75) is 57.1 Å². The molecule has 0 aromatic heterocycles. The third kappa shape index (κ3) is 5.46. The van der Waals surface area contributed by atoms with Crippen molar-refractivity contribution in [3.05, 3.63) is 0 Å². The molecule has 0 spiro atoms. The van der Waals surface area contributed by atoms with Gasteiger partial charge < -0.3 is 4.74 Å². The van der Waals surface area contributed by atoms with Gasteiger partial charge in [0.15, 0.2) is 6.10 Å². The van der Waals surface area contributed by atoms with E-state index in [1.807, 2.05) is 0 Å². The first-order valence-corrected chi connectivity index (χ1v) is 8.24. The number of hydrogen-bond acceptors (Lipinski definition) is 5. The number of carbonyl (C=O) groups is 1. The van der Waals surface area contributed by atoms with E-state index in [1.165, 1.54) is 6.92 Å². The van der Waals surface area contributed by atoms with Gasteiger partial charge in [0.2, 0.25) is 0 Å². The lowest BCUT2D eigenvalue weighted by atomic mass is 10.00. The molecule has 1 fully saturated rings. The predicted octanol–water partition coefficient (Wildman–Crippen LogP) is 2.75. The number of esters is 1. The second-order valence-corrected chi connectivity index (χ2v) is 6.53. The summed E-state index contributed by atoms with van der Waals surface area (Å²) in [6.07, 6.45) is 2.54. The molecule has 0 N–H and O–H groups in total. The maximum absolute atomic E-state index is 12.3. The fraction of sp³-hybridized carbons (Fsp3) is 0.917. The van der Waals surface area contributed by atoms with Gasteiger partial charge in [-0.2, -0.15) is 21.6 Å². The topological polar surface area (TPSA) is 69.7 Å². The van der Waals surface area contributed by atoms with Gasteiger partial charge in [0.25, 0.3) is 0 Å². The highest BCUT2D eigenvalue weighted by Crippen LogP contribution is 2.31. The van der Waals surface area contributed by atoms with Crippen LogP contribution in [0.25, 0.3) is 0 Å². The minimum atomic E-state index is -5.81. The average molecular weight is 332 g/mol. The van der Waals surface area contributed by atoms with Crippen LogP contribution in [-0.4, -0.2) is 32.6 Å². The van der Waals surface area contributed by atoms with Gasteiger partial charge in [-0.25, -0.2) is 8.98 Å². The first-order valence-electron chi connectivity index (χ1n) is 6.83. The van der Waals surface area contributed by atoms with Gasteiger partial charge in [-0.1, -0.05) is 25.7 Å². The maximum atomic E-state index is 12.3. The Balaban J connectivity index is 2.70. The van der Waals surface area contributed by atoms with Crippen molar-refractivity contribution in [2.75, 3.05) is 6.61 Å². The van der Waals surface area contributed by atoms with E-state index in [-0.39, 0.29) is 13.0 Å². The molecule has 1 rings (SSSR count). The fourth-order valence-corrected chi connectivity index (χ4v) is 2.92. The van der Waals surface area contributed by atoms with Crippen LogP contribution in [0.5, 0.6) is 0 Å². The zero-order valence-electron chi connectivity index (χ0n) is 11.7. The summed E-state index contributed by atoms with van der Waals surface area (Å²) in [6.45, 7) is 1.42. The molecule has 1 aliphatic rings. The van der Waals surface area contributed by atoms with Gasteiger partial charge in [-0.15, -0.1) is 0 Å². The molecule has 9 heteroatoms. The second-order valence-electron chi connectivity index (χ2n) is 4.96. The van der Waals surface area contributed by atoms with E-state index in [9.17, 15) is 26.4 Å². The Labute approximate surface area is 121 Å². The van der Waals surface area contributed by atoms with Crippen LogP contribution in [-0.2, 0) is 23.8 Å². The molecule has 0 aromatic carbocycles. The van der Waals surface area contributed by atoms with Crippen LogP contribution < -0.4 is 0 Å². The van der Waals surface area contributed by atoms with Crippen LogP contribution in [0.15, 0.2) is 0 Å². The molecule has 1 atom stereocenters. The van der Waals surface area contributed by atoms with Crippen molar-refractivity contribution in [1.29, 1.82) is 0 Å². The second kappa shape index (κ2) is 7.44. The van der Waals surface area contributed by atoms with E-state index < -0.39 is 27.7 Å². The van der Waals surface area contributed by atoms with Crippen molar-refractivity contribution in [1.82, 2.24) is 0 Å². The molecule has 0 bridgehead atoms. The number of alkyl halides is 3. The smallest absolute Gasteiger partial charge is 0.464 e. The summed E-state index contributed by atoms with van der Waals surface area (Å²) in [5.74, 6) is -0.789. The third-order valence-corrected chi connectivity index (χ3v) is 4.44. The Morgan fingerprint density at radius 3 is 2.33 bits per heavy atom. The third-order valence-electron chi connectivity index (χ3n) is 3.39. The molecule has 1 saturated carbocycles. The van der Waals surface area contributed by atoms with Crippen LogP contribution in [0.2, 0.25) is 0 Å². The fourth-order valence-electron chi connectivity index (χ4n) is 2.33. The van der Waals surface area contributed by atoms with Crippen molar-refractivity contribution >= 4 is 16.1 Å². The van der Waals surface area contributed by atoms with Crippen LogP contribution in [0, 0.1) is 5.92 Å². The first-order chi connectivity index (χ1) is 9.67. The highest BCUT2D eigenvalue weighted by Gasteiger charge is 2.49. The van der Waals surface area contributed by atoms with Gasteiger partial charge in [-0.05, 0) is 25.7 Å². The number of ether oxygens (including phenoxy) is 1. The zero-order valence-corrected chi connectivity index (χ0v) is 12.5. The highest BCUT2D eigenvalue weighted by molar-refractivity contribution is 7.87. The van der Waals surface area contributed by atoms with E-state index in [2.05, 4.69) is 8.92 Å². The predicted molar refractivity (Wildman–Crippen MR) is 67.7 cm³/mol. The summed E-state index contributed by atoms with van der Waals surface area (Å²) < 4.78 is 67.6. The number of carbonyl (C=O) groups excluding carboxylic acids is 1. The lowest BCUT2D eigenvalue weighted by molar-refractivity contribution is -0.152. The zero-order chi connectivity index (χ0) is 16.1. The van der Waals surface area contributed by atoms with Gasteiger partial charge >= 0.3 is 21.6 Å². The average Bonchev–Trinajstić information content (AvgIpc) is 2.86. The number of rotatable bonds is 7. The van der Waals surface area contributed by atoms with E-state index >= 15 is 0 Å². The molecular weight excluding hydrogens is 313 g/mol. The summed E-state index contributed by atoms with van der Waals surface area (Å²) >= 11 is 0. The van der Waals surface area contributed by atoms with Gasteiger partial charge in [0, 0.05) is 0 Å². The maximum Gasteiger partial charge on any atom is 0.523 e. The molecule has 0 unspecified atom stereocenters. The van der Waals surface area contributed by atoms with Gasteiger partial charge in [0.1, 0.15) is 0 Å². The van der Waals surface area contributed by atoms with Gasteiger partial charge in [0.05, 0.1) is 6.61 Å². The quantitative estimate of drug-likeness (QED) is 0.407. The highest BCUT2D eigenvalue weighted by atomic mass is 32.2. The Hall–Kier alpha value is -0.830. The summed E-state index contributed by atoms with van der Waals surface area (Å²) in [4.78, 5) is 11.6. The van der Waals surface area contributed by atoms with Crippen molar-refractivity contribution in [3.63, 3.8) is 0 Å². The molecule has 0 aromatic rings. The summed E-state index contributed by atoms with van der Waals surface area (Å²) in [5, 5.41) is 0. The van der Waals surface area contributed by atoms with Crippen molar-refractivity contribution in [3.8, 4) is 0 Å². The minimum Gasteiger partial charge on any atom is -0.464 e. The summed E-state index contributed by atoms with van der Waals surface area (Å²) in [6, 6.07) is 0. The Kier molecular flexibility index (Phi) is 6.45. The van der Waals surface area contributed by atoms with E-state index in [0.717, 1.165) is 25.7 Å². The van der Waals surface area contributed by atoms with Crippen LogP contribution in [0.3, 0.4) is 0 Å². The number of hydrogen-bond donors (Lipinski definition) is 0. The molecule has 0 aliphatic heterocycles. The monoisotopic (exact) mass is 332 g/mol. The Bertz CT molecular complexity index is 440. The van der Waals surface area contributed by atoms with E-state index in [4.69, 9.17) is 0 Å². The SMILES string of the molecule is CCOC(=O)[C@@H](CCC1CCCC1)OS(=O)(=O)C(F)(F)F. The van der Waals surface area contributed by atoms with Crippen LogP contribution in [0.4, 0.5) is 13.2 Å². The molecule has 5 nitrogen and oxygen atoms in total. The number of halogens is 3. The molecule has 0 radical (unpaired) electrons. The Morgan fingerprint density at radius 1 is 1.29 bits per heavy atom. The van der Waals surface area contributed by atoms with Crippen molar-refractivity contribution in [2.24, 2.45) is 5.92 Å². The molecule has 0 amide bonds. The van der Waals surface area contributed by atoms with Crippen LogP contribution >= 0.6 is 0 Å². The summed E-state index contributed by atoms with van der Waals surface area (Å²) in [5.41, 5.74) is -5.55. The van der Waals surface area contributed by atoms with E-state index in [0.29, 0.717) is 12.3 Å². The largest absolute Gasteiger partial charge is 0.523 e. The summed E-state index contributed by atoms with van der Waals surface area (Å²) in [7, 11) is -5.81. The lowest BCUT2D eigenvalue weighted by Gasteiger charge is -2.18. The molecule has 0 saturated heterocycles. The lowest BCUT2D eigenvalue weighted by Crippen LogP contribution is -2.35. The van der Waals surface area contributed by atoms with Crippen molar-refractivity contribution < 1.29 is 35.3 Å². The molecule has 1 aliphatic carbocycles. The standard InChI is InChI=1S/C12H19F3O5S/c1-2-19-11(16)10(8-7-9-5-3-4-6-9)20-21(17,18)12(13,14)15/h9-10H,2-8H2,1H3/t10-/m1/s1. The molecule has 124 valence electrons.